The molecule has 3 N–H and O–H groups in total. The van der Waals surface area contributed by atoms with Gasteiger partial charge in [0.2, 0.25) is 5.91 Å². The van der Waals surface area contributed by atoms with Crippen LogP contribution in [0, 0.1) is 5.92 Å². The molecular weight excluding hydrogens is 400 g/mol. The summed E-state index contributed by atoms with van der Waals surface area (Å²) in [4.78, 5) is 12.9. The molecule has 0 spiro atoms. The number of ether oxygens (including phenoxy) is 2. The number of hydrogen-bond donors (Lipinski definition) is 2. The van der Waals surface area contributed by atoms with Gasteiger partial charge in [0.25, 0.3) is 0 Å². The standard InChI is InChI=1S/C24H32N2O3.ClH/c1-3-29-21-11-9-20(10-12-21)24(13-15-28-16-14-24)17-26-23(27)18(2)22(25)19-7-5-4-6-8-19;/h4-12,18,22H,3,13-17,25H2,1-2H3,(H,26,27);1H. The molecule has 0 aliphatic carbocycles. The normalized spacial score (nSPS) is 17.3. The Labute approximate surface area is 185 Å². The van der Waals surface area contributed by atoms with Crippen molar-refractivity contribution in [1.29, 1.82) is 0 Å². The van der Waals surface area contributed by atoms with Crippen molar-refractivity contribution in [3.8, 4) is 5.75 Å². The van der Waals surface area contributed by atoms with Gasteiger partial charge in [-0.05, 0) is 43.0 Å². The summed E-state index contributed by atoms with van der Waals surface area (Å²) in [6, 6.07) is 17.7. The smallest absolute Gasteiger partial charge is 0.224 e. The van der Waals surface area contributed by atoms with Gasteiger partial charge in [0.15, 0.2) is 0 Å². The highest BCUT2D eigenvalue weighted by atomic mass is 35.5. The molecule has 0 radical (unpaired) electrons. The number of rotatable bonds is 8. The number of carbonyl (C=O) groups is 1. The van der Waals surface area contributed by atoms with Gasteiger partial charge in [0.05, 0.1) is 12.5 Å². The molecule has 30 heavy (non-hydrogen) atoms. The van der Waals surface area contributed by atoms with Crippen molar-refractivity contribution in [3.05, 3.63) is 65.7 Å². The predicted molar refractivity (Wildman–Crippen MR) is 122 cm³/mol. The van der Waals surface area contributed by atoms with Crippen molar-refractivity contribution < 1.29 is 14.3 Å². The van der Waals surface area contributed by atoms with E-state index in [4.69, 9.17) is 15.2 Å². The summed E-state index contributed by atoms with van der Waals surface area (Å²) in [6.07, 6.45) is 1.75. The largest absolute Gasteiger partial charge is 0.494 e. The van der Waals surface area contributed by atoms with Gasteiger partial charge in [-0.1, -0.05) is 49.4 Å². The van der Waals surface area contributed by atoms with E-state index in [9.17, 15) is 4.79 Å². The van der Waals surface area contributed by atoms with Gasteiger partial charge in [-0.25, -0.2) is 0 Å². The van der Waals surface area contributed by atoms with E-state index in [0.29, 0.717) is 26.4 Å². The fraction of sp³-hybridized carbons (Fsp3) is 0.458. The second-order valence-electron chi connectivity index (χ2n) is 7.79. The van der Waals surface area contributed by atoms with Gasteiger partial charge in [0.1, 0.15) is 5.75 Å². The van der Waals surface area contributed by atoms with Crippen molar-refractivity contribution in [2.75, 3.05) is 26.4 Å². The Bertz CT molecular complexity index is 777. The third-order valence-electron chi connectivity index (χ3n) is 5.97. The lowest BCUT2D eigenvalue weighted by molar-refractivity contribution is -0.125. The molecular formula is C24H33ClN2O3. The lowest BCUT2D eigenvalue weighted by Crippen LogP contribution is -2.46. The average molecular weight is 433 g/mol. The SMILES string of the molecule is CCOc1ccc(C2(CNC(=O)C(C)C(N)c3ccccc3)CCOCC2)cc1.Cl. The molecule has 2 atom stereocenters. The molecule has 0 aromatic heterocycles. The van der Waals surface area contributed by atoms with Crippen LogP contribution in [0.4, 0.5) is 0 Å². The van der Waals surface area contributed by atoms with E-state index in [1.807, 2.05) is 56.3 Å². The number of benzene rings is 2. The number of amides is 1. The third kappa shape index (κ3) is 5.75. The lowest BCUT2D eigenvalue weighted by atomic mass is 9.74. The zero-order chi connectivity index (χ0) is 20.7. The molecule has 6 heteroatoms. The van der Waals surface area contributed by atoms with Crippen molar-refractivity contribution in [3.63, 3.8) is 0 Å². The summed E-state index contributed by atoms with van der Waals surface area (Å²) >= 11 is 0. The molecule has 2 aromatic rings. The first kappa shape index (κ1) is 24.2. The zero-order valence-electron chi connectivity index (χ0n) is 17.8. The van der Waals surface area contributed by atoms with Crippen LogP contribution in [0.2, 0.25) is 0 Å². The average Bonchev–Trinajstić information content (AvgIpc) is 2.78. The first-order valence-electron chi connectivity index (χ1n) is 10.4. The van der Waals surface area contributed by atoms with Crippen molar-refractivity contribution in [2.24, 2.45) is 11.7 Å². The van der Waals surface area contributed by atoms with Crippen LogP contribution < -0.4 is 15.8 Å². The maximum absolute atomic E-state index is 12.9. The van der Waals surface area contributed by atoms with E-state index in [0.717, 1.165) is 24.2 Å². The van der Waals surface area contributed by atoms with Crippen molar-refractivity contribution >= 4 is 18.3 Å². The predicted octanol–water partition coefficient (Wildman–Crippen LogP) is 4.01. The van der Waals surface area contributed by atoms with E-state index in [1.165, 1.54) is 5.56 Å². The lowest BCUT2D eigenvalue weighted by Gasteiger charge is -2.38. The third-order valence-corrected chi connectivity index (χ3v) is 5.97. The van der Waals surface area contributed by atoms with Crippen molar-refractivity contribution in [1.82, 2.24) is 5.32 Å². The minimum Gasteiger partial charge on any atom is -0.494 e. The van der Waals surface area contributed by atoms with Crippen molar-refractivity contribution in [2.45, 2.75) is 38.1 Å². The highest BCUT2D eigenvalue weighted by Crippen LogP contribution is 2.35. The van der Waals surface area contributed by atoms with Gasteiger partial charge < -0.3 is 20.5 Å². The van der Waals surface area contributed by atoms with Crippen LogP contribution in [-0.4, -0.2) is 32.3 Å². The fourth-order valence-corrected chi connectivity index (χ4v) is 3.95. The van der Waals surface area contributed by atoms with Crippen LogP contribution in [0.25, 0.3) is 0 Å². The fourth-order valence-electron chi connectivity index (χ4n) is 3.95. The Morgan fingerprint density at radius 2 is 1.77 bits per heavy atom. The van der Waals surface area contributed by atoms with Crippen LogP contribution in [0.3, 0.4) is 0 Å². The van der Waals surface area contributed by atoms with Gasteiger partial charge >= 0.3 is 0 Å². The van der Waals surface area contributed by atoms with Crippen LogP contribution in [0.15, 0.2) is 54.6 Å². The zero-order valence-corrected chi connectivity index (χ0v) is 18.6. The van der Waals surface area contributed by atoms with Crippen LogP contribution >= 0.6 is 12.4 Å². The van der Waals surface area contributed by atoms with Gasteiger partial charge in [-0.15, -0.1) is 12.4 Å². The first-order chi connectivity index (χ1) is 14.1. The molecule has 1 heterocycles. The summed E-state index contributed by atoms with van der Waals surface area (Å²) in [7, 11) is 0. The van der Waals surface area contributed by atoms with E-state index in [1.54, 1.807) is 0 Å². The summed E-state index contributed by atoms with van der Waals surface area (Å²) in [5.74, 6) is 0.540. The summed E-state index contributed by atoms with van der Waals surface area (Å²) in [6.45, 7) is 6.48. The molecule has 0 saturated carbocycles. The summed E-state index contributed by atoms with van der Waals surface area (Å²) in [5, 5.41) is 3.18. The molecule has 0 bridgehead atoms. The highest BCUT2D eigenvalue weighted by molar-refractivity contribution is 5.85. The second kappa shape index (κ2) is 11.3. The Morgan fingerprint density at radius 1 is 1.13 bits per heavy atom. The van der Waals surface area contributed by atoms with Gasteiger partial charge in [-0.2, -0.15) is 0 Å². The minimum atomic E-state index is -0.327. The van der Waals surface area contributed by atoms with Crippen LogP contribution in [0.5, 0.6) is 5.75 Å². The molecule has 1 aliphatic rings. The second-order valence-corrected chi connectivity index (χ2v) is 7.79. The Morgan fingerprint density at radius 3 is 2.37 bits per heavy atom. The van der Waals surface area contributed by atoms with Crippen LogP contribution in [-0.2, 0) is 14.9 Å². The molecule has 3 rings (SSSR count). The van der Waals surface area contributed by atoms with Gasteiger partial charge in [-0.3, -0.25) is 4.79 Å². The number of nitrogens with two attached hydrogens (primary N) is 1. The number of hydrogen-bond acceptors (Lipinski definition) is 4. The topological polar surface area (TPSA) is 73.6 Å². The number of nitrogens with one attached hydrogen (secondary N) is 1. The molecule has 2 aromatic carbocycles. The first-order valence-corrected chi connectivity index (χ1v) is 10.4. The molecule has 1 saturated heterocycles. The molecule has 2 unspecified atom stereocenters. The Hall–Kier alpha value is -2.08. The maximum atomic E-state index is 12.9. The number of halogens is 1. The van der Waals surface area contributed by atoms with E-state index < -0.39 is 0 Å². The molecule has 1 aliphatic heterocycles. The quantitative estimate of drug-likeness (QED) is 0.661. The highest BCUT2D eigenvalue weighted by Gasteiger charge is 2.35. The molecule has 5 nitrogen and oxygen atoms in total. The summed E-state index contributed by atoms with van der Waals surface area (Å²) < 4.78 is 11.2. The molecule has 164 valence electrons. The van der Waals surface area contributed by atoms with E-state index >= 15 is 0 Å². The van der Waals surface area contributed by atoms with Gasteiger partial charge in [0, 0.05) is 31.2 Å². The Balaban J connectivity index is 0.00000320. The van der Waals surface area contributed by atoms with Crippen LogP contribution in [0.1, 0.15) is 43.9 Å². The number of carbonyl (C=O) groups excluding carboxylic acids is 1. The molecule has 1 fully saturated rings. The minimum absolute atomic E-state index is 0. The Kier molecular flexibility index (Phi) is 9.15. The maximum Gasteiger partial charge on any atom is 0.224 e. The summed E-state index contributed by atoms with van der Waals surface area (Å²) in [5.41, 5.74) is 8.40. The van der Waals surface area contributed by atoms with E-state index in [-0.39, 0.29) is 35.7 Å². The van der Waals surface area contributed by atoms with E-state index in [2.05, 4.69) is 17.4 Å². The monoisotopic (exact) mass is 432 g/mol. The molecule has 1 amide bonds.